The Hall–Kier alpha value is -1.57. The summed E-state index contributed by atoms with van der Waals surface area (Å²) in [6.45, 7) is 8.63. The third-order valence-corrected chi connectivity index (χ3v) is 3.10. The van der Waals surface area contributed by atoms with Gasteiger partial charge in [-0.25, -0.2) is 0 Å². The average molecular weight is 228 g/mol. The van der Waals surface area contributed by atoms with Gasteiger partial charge in [-0.3, -0.25) is 4.98 Å². The van der Waals surface area contributed by atoms with Crippen LogP contribution in [0.5, 0.6) is 0 Å². The first-order chi connectivity index (χ1) is 7.93. The molecule has 0 saturated carbocycles. The van der Waals surface area contributed by atoms with Crippen molar-refractivity contribution in [3.63, 3.8) is 0 Å². The summed E-state index contributed by atoms with van der Waals surface area (Å²) in [5.74, 6) is 0. The van der Waals surface area contributed by atoms with E-state index in [2.05, 4.69) is 39.8 Å². The van der Waals surface area contributed by atoms with E-state index in [0.717, 1.165) is 28.7 Å². The molecule has 2 N–H and O–H groups in total. The lowest BCUT2D eigenvalue weighted by Gasteiger charge is -2.19. The number of hydrogen-bond donors (Lipinski definition) is 1. The van der Waals surface area contributed by atoms with Crippen molar-refractivity contribution in [3.05, 3.63) is 35.5 Å². The summed E-state index contributed by atoms with van der Waals surface area (Å²) in [5.41, 5.74) is 10.4. The van der Waals surface area contributed by atoms with Crippen molar-refractivity contribution < 1.29 is 0 Å². The van der Waals surface area contributed by atoms with Gasteiger partial charge < -0.3 is 5.73 Å². The van der Waals surface area contributed by atoms with Crippen molar-refractivity contribution in [1.29, 1.82) is 0 Å². The van der Waals surface area contributed by atoms with Crippen LogP contribution in [0.15, 0.2) is 24.3 Å². The SMILES string of the molecule is CCc1cccc2c(N)cc(C(C)(C)C)nc12. The number of fused-ring (bicyclic) bond motifs is 1. The second-order valence-electron chi connectivity index (χ2n) is 5.51. The summed E-state index contributed by atoms with van der Waals surface area (Å²) in [4.78, 5) is 4.80. The lowest BCUT2D eigenvalue weighted by Crippen LogP contribution is -2.14. The van der Waals surface area contributed by atoms with Gasteiger partial charge in [-0.05, 0) is 18.1 Å². The first-order valence-electron chi connectivity index (χ1n) is 6.12. The maximum Gasteiger partial charge on any atom is 0.0758 e. The third kappa shape index (κ3) is 2.12. The molecule has 90 valence electrons. The Morgan fingerprint density at radius 1 is 1.24 bits per heavy atom. The van der Waals surface area contributed by atoms with Crippen LogP contribution < -0.4 is 5.73 Å². The highest BCUT2D eigenvalue weighted by atomic mass is 14.7. The summed E-state index contributed by atoms with van der Waals surface area (Å²) in [7, 11) is 0. The molecule has 0 atom stereocenters. The zero-order valence-corrected chi connectivity index (χ0v) is 11.0. The number of hydrogen-bond acceptors (Lipinski definition) is 2. The summed E-state index contributed by atoms with van der Waals surface area (Å²) < 4.78 is 0. The molecule has 1 aromatic heterocycles. The lowest BCUT2D eigenvalue weighted by atomic mass is 9.90. The number of nitrogens with zero attached hydrogens (tertiary/aromatic N) is 1. The Morgan fingerprint density at radius 3 is 2.53 bits per heavy atom. The normalized spacial score (nSPS) is 12.0. The molecule has 0 saturated heterocycles. The van der Waals surface area contributed by atoms with Crippen molar-refractivity contribution in [2.45, 2.75) is 39.5 Å². The molecule has 0 amide bonds. The van der Waals surface area contributed by atoms with Crippen LogP contribution >= 0.6 is 0 Å². The third-order valence-electron chi connectivity index (χ3n) is 3.10. The second kappa shape index (κ2) is 4.02. The molecule has 2 aromatic rings. The highest BCUT2D eigenvalue weighted by Gasteiger charge is 2.17. The average Bonchev–Trinajstić information content (AvgIpc) is 2.27. The number of nitrogen functional groups attached to an aromatic ring is 1. The number of aryl methyl sites for hydroxylation is 1. The van der Waals surface area contributed by atoms with E-state index < -0.39 is 0 Å². The Kier molecular flexibility index (Phi) is 2.82. The standard InChI is InChI=1S/C15H20N2/c1-5-10-7-6-8-11-12(16)9-13(15(2,3)4)17-14(10)11/h6-9H,5H2,1-4H3,(H2,16,17). The summed E-state index contributed by atoms with van der Waals surface area (Å²) >= 11 is 0. The van der Waals surface area contributed by atoms with E-state index in [1.165, 1.54) is 5.56 Å². The fraction of sp³-hybridized carbons (Fsp3) is 0.400. The maximum absolute atomic E-state index is 6.14. The number of pyridine rings is 1. The molecule has 0 aliphatic carbocycles. The zero-order valence-electron chi connectivity index (χ0n) is 11.0. The second-order valence-corrected chi connectivity index (χ2v) is 5.51. The fourth-order valence-corrected chi connectivity index (χ4v) is 2.00. The monoisotopic (exact) mass is 228 g/mol. The molecule has 17 heavy (non-hydrogen) atoms. The molecule has 0 bridgehead atoms. The topological polar surface area (TPSA) is 38.9 Å². The van der Waals surface area contributed by atoms with Crippen LogP contribution in [-0.2, 0) is 11.8 Å². The largest absolute Gasteiger partial charge is 0.398 e. The van der Waals surface area contributed by atoms with Crippen molar-refractivity contribution in [2.24, 2.45) is 0 Å². The Balaban J connectivity index is 2.79. The molecule has 1 heterocycles. The van der Waals surface area contributed by atoms with E-state index >= 15 is 0 Å². The van der Waals surface area contributed by atoms with Gasteiger partial charge in [0.05, 0.1) is 5.52 Å². The quantitative estimate of drug-likeness (QED) is 0.808. The van der Waals surface area contributed by atoms with Crippen LogP contribution in [-0.4, -0.2) is 4.98 Å². The van der Waals surface area contributed by atoms with Gasteiger partial charge in [0.1, 0.15) is 0 Å². The highest BCUT2D eigenvalue weighted by Crippen LogP contribution is 2.29. The molecule has 2 nitrogen and oxygen atoms in total. The molecule has 2 heteroatoms. The lowest BCUT2D eigenvalue weighted by molar-refractivity contribution is 0.571. The van der Waals surface area contributed by atoms with E-state index in [1.54, 1.807) is 0 Å². The number of anilines is 1. The molecular weight excluding hydrogens is 208 g/mol. The Morgan fingerprint density at radius 2 is 1.94 bits per heavy atom. The molecular formula is C15H20N2. The van der Waals surface area contributed by atoms with Gasteiger partial charge >= 0.3 is 0 Å². The van der Waals surface area contributed by atoms with Crippen LogP contribution in [0.3, 0.4) is 0 Å². The van der Waals surface area contributed by atoms with Crippen molar-refractivity contribution >= 4 is 16.6 Å². The number of rotatable bonds is 1. The van der Waals surface area contributed by atoms with Crippen LogP contribution in [0.2, 0.25) is 0 Å². The van der Waals surface area contributed by atoms with Crippen molar-refractivity contribution in [1.82, 2.24) is 4.98 Å². The molecule has 0 aliphatic rings. The number of nitrogens with two attached hydrogens (primary N) is 1. The number of aromatic nitrogens is 1. The predicted molar refractivity (Wildman–Crippen MR) is 74.2 cm³/mol. The number of para-hydroxylation sites is 1. The molecule has 0 fully saturated rings. The molecule has 1 aromatic carbocycles. The molecule has 0 radical (unpaired) electrons. The fourth-order valence-electron chi connectivity index (χ4n) is 2.00. The van der Waals surface area contributed by atoms with E-state index in [9.17, 15) is 0 Å². The van der Waals surface area contributed by atoms with E-state index in [1.807, 2.05) is 12.1 Å². The summed E-state index contributed by atoms with van der Waals surface area (Å²) in [5, 5.41) is 1.07. The minimum Gasteiger partial charge on any atom is -0.398 e. The summed E-state index contributed by atoms with van der Waals surface area (Å²) in [6.07, 6.45) is 0.984. The minimum absolute atomic E-state index is 0.0309. The van der Waals surface area contributed by atoms with Gasteiger partial charge in [0.2, 0.25) is 0 Å². The van der Waals surface area contributed by atoms with Crippen LogP contribution in [0.1, 0.15) is 39.0 Å². The highest BCUT2D eigenvalue weighted by molar-refractivity contribution is 5.92. The maximum atomic E-state index is 6.14. The van der Waals surface area contributed by atoms with Gasteiger partial charge in [-0.2, -0.15) is 0 Å². The molecule has 0 unspecified atom stereocenters. The van der Waals surface area contributed by atoms with Crippen LogP contribution in [0, 0.1) is 0 Å². The zero-order chi connectivity index (χ0) is 12.6. The van der Waals surface area contributed by atoms with Crippen molar-refractivity contribution in [2.75, 3.05) is 5.73 Å². The molecule has 0 aliphatic heterocycles. The summed E-state index contributed by atoms with van der Waals surface area (Å²) in [6, 6.07) is 8.22. The predicted octanol–water partition coefficient (Wildman–Crippen LogP) is 3.68. The Labute approximate surface area is 103 Å². The molecule has 2 rings (SSSR count). The van der Waals surface area contributed by atoms with E-state index in [0.29, 0.717) is 0 Å². The number of benzene rings is 1. The molecule has 0 spiro atoms. The smallest absolute Gasteiger partial charge is 0.0758 e. The first-order valence-corrected chi connectivity index (χ1v) is 6.12. The van der Waals surface area contributed by atoms with Gasteiger partial charge in [0.25, 0.3) is 0 Å². The Bertz CT molecular complexity index is 551. The van der Waals surface area contributed by atoms with Gasteiger partial charge in [-0.1, -0.05) is 45.9 Å². The van der Waals surface area contributed by atoms with Gasteiger partial charge in [0, 0.05) is 22.2 Å². The van der Waals surface area contributed by atoms with Crippen molar-refractivity contribution in [3.8, 4) is 0 Å². The van der Waals surface area contributed by atoms with Gasteiger partial charge in [0.15, 0.2) is 0 Å². The van der Waals surface area contributed by atoms with E-state index in [-0.39, 0.29) is 5.41 Å². The van der Waals surface area contributed by atoms with Crippen LogP contribution in [0.4, 0.5) is 5.69 Å². The first kappa shape index (κ1) is 11.9. The minimum atomic E-state index is 0.0309. The van der Waals surface area contributed by atoms with Gasteiger partial charge in [-0.15, -0.1) is 0 Å². The van der Waals surface area contributed by atoms with Crippen LogP contribution in [0.25, 0.3) is 10.9 Å². The van der Waals surface area contributed by atoms with E-state index in [4.69, 9.17) is 10.7 Å².